The van der Waals surface area contributed by atoms with E-state index in [1.807, 2.05) is 54.6 Å². The number of methoxy groups -OCH3 is 3. The molecular formula is C86H68Cl6N6O15. The van der Waals surface area contributed by atoms with Crippen LogP contribution >= 0.6 is 69.6 Å². The van der Waals surface area contributed by atoms with Crippen molar-refractivity contribution in [3.8, 4) is 62.5 Å². The molecule has 3 aliphatic heterocycles. The Morgan fingerprint density at radius 1 is 0.460 bits per heavy atom. The maximum Gasteiger partial charge on any atom is 0.341 e. The molecule has 8 aromatic carbocycles. The lowest BCUT2D eigenvalue weighted by molar-refractivity contribution is -0.120. The van der Waals surface area contributed by atoms with Crippen molar-refractivity contribution in [3.05, 3.63) is 238 Å². The second-order valence-corrected chi connectivity index (χ2v) is 32.2. The molecule has 0 atom stereocenters. The highest BCUT2D eigenvalue weighted by molar-refractivity contribution is 6.40. The zero-order chi connectivity index (χ0) is 78.1. The third-order valence-corrected chi connectivity index (χ3v) is 24.6. The number of nitrogens with one attached hydrogen (secondary N) is 1. The van der Waals surface area contributed by atoms with E-state index in [-0.39, 0.29) is 53.2 Å². The van der Waals surface area contributed by atoms with Gasteiger partial charge >= 0.3 is 11.9 Å². The third-order valence-electron chi connectivity index (χ3n) is 22.7. The Hall–Kier alpha value is -10.5. The summed E-state index contributed by atoms with van der Waals surface area (Å²) >= 11 is 38.9. The number of amides is 3. The molecule has 2 N–H and O–H groups in total. The quantitative estimate of drug-likeness (QED) is 0.0634. The molecule has 11 aromatic rings. The first-order valence-electron chi connectivity index (χ1n) is 37.0. The van der Waals surface area contributed by atoms with Crippen LogP contribution in [0.3, 0.4) is 0 Å². The molecule has 113 heavy (non-hydrogen) atoms. The van der Waals surface area contributed by atoms with Gasteiger partial charge in [-0.3, -0.25) is 24.2 Å². The fourth-order valence-electron chi connectivity index (χ4n) is 15.8. The molecule has 6 saturated carbocycles. The standard InChI is InChI=1S/C32H26Cl2N2O6.C31H24Cl2N2O6.C23H18Cl2N2O3/c1-39-26-14-18(8-10-20(26)30(37)40-2)36-25-11-9-19(15-22(25)32(12-13-32)31(36)38)41-16-21-28(35-42-29(21)17-6-7-17)27-23(33)4-3-5-24(27)34;1-39-25-13-17(7-9-19(25)29(36)37)35-24-10-8-18(14-21(24)31(11-12-31)30(35)38)40-15-20-27(34-41-28(20)16-5-6-16)26-22(32)3-2-4-23(26)33;24-16-2-1-3-17(25)19(16)20-14(21(30-27-20)12-4-5-12)11-29-13-6-7-18-15(10-13)23(8-9-23)22(28)26-18/h3-5,8-11,14-15,17H,6-7,12-13,16H2,1-2H3;2-4,7-10,13-14,16H,5-6,11-12,15H2,1H3,(H,36,37);1-3,6-7,10,12H,4-5,8-9,11H2,(H,26,28). The largest absolute Gasteiger partial charge is 0.496 e. The predicted octanol–water partition coefficient (Wildman–Crippen LogP) is 21.2. The van der Waals surface area contributed by atoms with Crippen molar-refractivity contribution >= 4 is 128 Å². The molecule has 9 aliphatic rings. The van der Waals surface area contributed by atoms with Gasteiger partial charge in [0.15, 0.2) is 0 Å². The average Bonchev–Trinajstić information content (AvgIpc) is 1.54. The lowest BCUT2D eigenvalue weighted by Crippen LogP contribution is -2.28. The number of rotatable bonds is 21. The number of halogens is 6. The molecule has 20 rings (SSSR count). The molecule has 0 unspecified atom stereocenters. The number of anilines is 5. The van der Waals surface area contributed by atoms with Crippen molar-refractivity contribution in [2.24, 2.45) is 0 Å². The van der Waals surface area contributed by atoms with Crippen LogP contribution in [0.2, 0.25) is 30.1 Å². The molecule has 6 aliphatic carbocycles. The van der Waals surface area contributed by atoms with Crippen LogP contribution in [-0.2, 0) is 55.2 Å². The summed E-state index contributed by atoms with van der Waals surface area (Å²) in [4.78, 5) is 66.8. The summed E-state index contributed by atoms with van der Waals surface area (Å²) in [6.07, 6.45) is 11.0. The molecule has 21 nitrogen and oxygen atoms in total. The highest BCUT2D eigenvalue weighted by Crippen LogP contribution is 2.63. The number of aromatic carboxylic acids is 1. The predicted molar refractivity (Wildman–Crippen MR) is 424 cm³/mol. The Morgan fingerprint density at radius 3 is 1.16 bits per heavy atom. The van der Waals surface area contributed by atoms with E-state index in [4.69, 9.17) is 112 Å². The number of carboxylic acid groups (broad SMARTS) is 1. The summed E-state index contributed by atoms with van der Waals surface area (Å²) in [5.41, 5.74) is 11.4. The highest BCUT2D eigenvalue weighted by atomic mass is 35.5. The summed E-state index contributed by atoms with van der Waals surface area (Å²) in [6, 6.07) is 42.8. The molecule has 3 spiro atoms. The molecular weight excluding hydrogens is 1570 g/mol. The Morgan fingerprint density at radius 2 is 0.814 bits per heavy atom. The number of aromatic nitrogens is 3. The molecule has 6 heterocycles. The fourth-order valence-corrected chi connectivity index (χ4v) is 17.5. The Labute approximate surface area is 677 Å². The van der Waals surface area contributed by atoms with Gasteiger partial charge in [-0.25, -0.2) is 9.59 Å². The normalized spacial score (nSPS) is 17.1. The molecule has 27 heteroatoms. The van der Waals surface area contributed by atoms with Crippen molar-refractivity contribution in [3.63, 3.8) is 0 Å². The van der Waals surface area contributed by atoms with Crippen LogP contribution in [0, 0.1) is 0 Å². The van der Waals surface area contributed by atoms with Gasteiger partial charge in [0, 0.05) is 52.3 Å². The van der Waals surface area contributed by atoms with E-state index in [1.54, 1.807) is 94.7 Å². The average molecular weight is 1640 g/mol. The van der Waals surface area contributed by atoms with Crippen LogP contribution in [0.5, 0.6) is 28.7 Å². The molecule has 574 valence electrons. The number of hydrogen-bond acceptors (Lipinski definition) is 17. The fraction of sp³-hybridized carbons (Fsp3) is 0.279. The van der Waals surface area contributed by atoms with E-state index in [2.05, 4.69) is 20.8 Å². The Bertz CT molecular complexity index is 5730. The van der Waals surface area contributed by atoms with Crippen LogP contribution < -0.4 is 38.8 Å². The van der Waals surface area contributed by atoms with E-state index in [1.165, 1.54) is 27.4 Å². The molecule has 6 fully saturated rings. The summed E-state index contributed by atoms with van der Waals surface area (Å²) in [7, 11) is 4.20. The molecule has 0 saturated heterocycles. The van der Waals surface area contributed by atoms with Crippen LogP contribution in [0.1, 0.15) is 166 Å². The topological polar surface area (TPSA) is 258 Å². The maximum absolute atomic E-state index is 13.8. The first-order chi connectivity index (χ1) is 54.7. The van der Waals surface area contributed by atoms with Gasteiger partial charge in [0.2, 0.25) is 17.7 Å². The molecule has 0 bridgehead atoms. The van der Waals surface area contributed by atoms with E-state index in [0.29, 0.717) is 117 Å². The summed E-state index contributed by atoms with van der Waals surface area (Å²) in [6.45, 7) is 0.699. The minimum atomic E-state index is -1.10. The zero-order valence-electron chi connectivity index (χ0n) is 60.9. The zero-order valence-corrected chi connectivity index (χ0v) is 65.4. The summed E-state index contributed by atoms with van der Waals surface area (Å²) in [5.74, 6) is 4.32. The van der Waals surface area contributed by atoms with E-state index < -0.39 is 22.8 Å². The number of carbonyl (C=O) groups excluding carboxylic acids is 4. The Kier molecular flexibility index (Phi) is 18.9. The second kappa shape index (κ2) is 28.8. The van der Waals surface area contributed by atoms with Gasteiger partial charge in [-0.2, -0.15) is 0 Å². The van der Waals surface area contributed by atoms with Crippen molar-refractivity contribution in [1.82, 2.24) is 15.5 Å². The number of ether oxygens (including phenoxy) is 6. The van der Waals surface area contributed by atoms with Crippen LogP contribution in [0.4, 0.5) is 28.4 Å². The van der Waals surface area contributed by atoms with Crippen molar-refractivity contribution in [2.45, 2.75) is 131 Å². The number of fused-ring (bicyclic) bond motifs is 6. The number of carboxylic acids is 1. The van der Waals surface area contributed by atoms with Crippen LogP contribution in [-0.4, -0.2) is 71.6 Å². The number of benzene rings is 8. The maximum atomic E-state index is 13.8. The molecule has 3 aromatic heterocycles. The monoisotopic (exact) mass is 1630 g/mol. The van der Waals surface area contributed by atoms with Crippen molar-refractivity contribution < 1.29 is 71.1 Å². The number of esters is 1. The first kappa shape index (κ1) is 73.9. The van der Waals surface area contributed by atoms with Gasteiger partial charge in [0.05, 0.1) is 107 Å². The Balaban J connectivity index is 0.000000120. The number of nitrogens with zero attached hydrogens (tertiary/aromatic N) is 5. The number of carbonyl (C=O) groups is 5. The minimum Gasteiger partial charge on any atom is -0.496 e. The smallest absolute Gasteiger partial charge is 0.341 e. The van der Waals surface area contributed by atoms with Gasteiger partial charge in [-0.05, 0) is 209 Å². The SMILES string of the molecule is COC(=O)c1ccc(N2C(=O)C3(CC3)c3cc(OCc4c(-c5c(Cl)cccc5Cl)noc4C4CC4)ccc32)cc1OC.COc1cc(N2C(=O)C3(CC3)c3cc(OCc4c(-c5c(Cl)cccc5Cl)noc4C4CC4)ccc32)ccc1C(=O)O.O=C1Nc2ccc(OCc3c(-c4c(Cl)cccc4Cl)noc3C3CC3)cc2C12CC2. The summed E-state index contributed by atoms with van der Waals surface area (Å²) < 4.78 is 51.7. The van der Waals surface area contributed by atoms with Crippen molar-refractivity contribution in [2.75, 3.05) is 36.4 Å². The van der Waals surface area contributed by atoms with Gasteiger partial charge in [-0.15, -0.1) is 0 Å². The molecule has 3 amide bonds. The number of hydrogen-bond donors (Lipinski definition) is 2. The van der Waals surface area contributed by atoms with Crippen molar-refractivity contribution in [1.29, 1.82) is 0 Å². The van der Waals surface area contributed by atoms with Gasteiger partial charge in [-0.1, -0.05) is 103 Å². The van der Waals surface area contributed by atoms with Crippen LogP contribution in [0.15, 0.2) is 159 Å². The van der Waals surface area contributed by atoms with E-state index in [0.717, 1.165) is 151 Å². The lowest BCUT2D eigenvalue weighted by atomic mass is 9.98. The van der Waals surface area contributed by atoms with E-state index >= 15 is 0 Å². The molecule has 0 radical (unpaired) electrons. The minimum absolute atomic E-state index is 0.00628. The van der Waals surface area contributed by atoms with Gasteiger partial charge in [0.25, 0.3) is 0 Å². The lowest BCUT2D eigenvalue weighted by Gasteiger charge is -2.20. The first-order valence-corrected chi connectivity index (χ1v) is 39.3. The van der Waals surface area contributed by atoms with E-state index in [9.17, 15) is 29.1 Å². The van der Waals surface area contributed by atoms with Gasteiger partial charge < -0.3 is 52.4 Å². The second-order valence-electron chi connectivity index (χ2n) is 29.7. The van der Waals surface area contributed by atoms with Gasteiger partial charge in [0.1, 0.15) is 94.1 Å². The third kappa shape index (κ3) is 13.1. The summed E-state index contributed by atoms with van der Waals surface area (Å²) in [5, 5.41) is 28.4. The van der Waals surface area contributed by atoms with Crippen LogP contribution in [0.25, 0.3) is 33.8 Å². The highest BCUT2D eigenvalue weighted by Gasteiger charge is 2.61.